The molecule has 0 radical (unpaired) electrons. The fourth-order valence-electron chi connectivity index (χ4n) is 2.24. The predicted octanol–water partition coefficient (Wildman–Crippen LogP) is 1.99. The van der Waals surface area contributed by atoms with Gasteiger partial charge in [-0.2, -0.15) is 0 Å². The molecule has 1 amide bonds. The van der Waals surface area contributed by atoms with Gasteiger partial charge in [0.2, 0.25) is 5.76 Å². The molecule has 0 bridgehead atoms. The summed E-state index contributed by atoms with van der Waals surface area (Å²) in [7, 11) is 0. The zero-order valence-electron chi connectivity index (χ0n) is 11.6. The molecule has 2 N–H and O–H groups in total. The highest BCUT2D eigenvalue weighted by Crippen LogP contribution is 2.18. The molecule has 0 spiro atoms. The van der Waals surface area contributed by atoms with E-state index in [0.29, 0.717) is 12.2 Å². The number of aromatic nitrogens is 1. The molecule has 0 aliphatic carbocycles. The van der Waals surface area contributed by atoms with Gasteiger partial charge in [-0.25, -0.2) is 0 Å². The Bertz CT molecular complexity index is 647. The minimum absolute atomic E-state index is 0.232. The highest BCUT2D eigenvalue weighted by Gasteiger charge is 2.14. The smallest absolute Gasteiger partial charge is 0.290 e. The summed E-state index contributed by atoms with van der Waals surface area (Å²) < 4.78 is 5.13. The lowest BCUT2D eigenvalue weighted by Gasteiger charge is -2.13. The normalized spacial score (nSPS) is 14.6. The Morgan fingerprint density at radius 3 is 2.95 bits per heavy atom. The van der Waals surface area contributed by atoms with Crippen molar-refractivity contribution in [1.82, 2.24) is 15.8 Å². The van der Waals surface area contributed by atoms with E-state index in [1.54, 1.807) is 6.07 Å². The minimum Gasteiger partial charge on any atom is -0.350 e. The monoisotopic (exact) mass is 283 g/mol. The highest BCUT2D eigenvalue weighted by atomic mass is 16.5. The fraction of sp³-hybridized carbons (Fsp3) is 0.250. The lowest BCUT2D eigenvalue weighted by molar-refractivity contribution is 0.0920. The predicted molar refractivity (Wildman–Crippen MR) is 79.8 cm³/mol. The molecule has 2 aromatic rings. The summed E-state index contributed by atoms with van der Waals surface area (Å²) >= 11 is 0. The van der Waals surface area contributed by atoms with E-state index < -0.39 is 0 Å². The lowest BCUT2D eigenvalue weighted by atomic mass is 10.1. The first-order valence-corrected chi connectivity index (χ1v) is 7.02. The van der Waals surface area contributed by atoms with Crippen molar-refractivity contribution in [2.45, 2.75) is 6.42 Å². The van der Waals surface area contributed by atoms with Gasteiger partial charge in [0, 0.05) is 24.7 Å². The van der Waals surface area contributed by atoms with Crippen LogP contribution in [0.4, 0.5) is 0 Å². The second-order valence-corrected chi connectivity index (χ2v) is 4.94. The van der Waals surface area contributed by atoms with Crippen LogP contribution in [-0.4, -0.2) is 30.7 Å². The highest BCUT2D eigenvalue weighted by molar-refractivity contribution is 5.92. The molecule has 3 rings (SSSR count). The Labute approximate surface area is 123 Å². The lowest BCUT2D eigenvalue weighted by Crippen LogP contribution is -2.29. The van der Waals surface area contributed by atoms with E-state index in [0.717, 1.165) is 25.1 Å². The van der Waals surface area contributed by atoms with Crippen molar-refractivity contribution in [3.8, 4) is 11.3 Å². The van der Waals surface area contributed by atoms with Crippen molar-refractivity contribution < 1.29 is 9.32 Å². The molecule has 0 fully saturated rings. The first-order chi connectivity index (χ1) is 10.3. The number of hydrogen-bond acceptors (Lipinski definition) is 4. The second-order valence-electron chi connectivity index (χ2n) is 4.94. The SMILES string of the molecule is O=C(NCC1=CCNCC1)c1cc(-c2ccccc2)no1. The van der Waals surface area contributed by atoms with Gasteiger partial charge in [-0.05, 0) is 13.0 Å². The number of nitrogens with one attached hydrogen (secondary N) is 2. The number of carbonyl (C=O) groups excluding carboxylic acids is 1. The van der Waals surface area contributed by atoms with Gasteiger partial charge in [-0.15, -0.1) is 0 Å². The van der Waals surface area contributed by atoms with Gasteiger partial charge < -0.3 is 15.2 Å². The number of rotatable bonds is 4. The molecule has 0 saturated carbocycles. The summed E-state index contributed by atoms with van der Waals surface area (Å²) in [4.78, 5) is 12.0. The average Bonchev–Trinajstić information content (AvgIpc) is 3.04. The minimum atomic E-state index is -0.232. The maximum atomic E-state index is 12.0. The summed E-state index contributed by atoms with van der Waals surface area (Å²) in [6, 6.07) is 11.3. The van der Waals surface area contributed by atoms with Crippen molar-refractivity contribution in [2.24, 2.45) is 0 Å². The summed E-state index contributed by atoms with van der Waals surface area (Å²) in [6.07, 6.45) is 3.07. The fourth-order valence-corrected chi connectivity index (χ4v) is 2.24. The third kappa shape index (κ3) is 3.38. The number of amides is 1. The summed E-state index contributed by atoms with van der Waals surface area (Å²) in [5.74, 6) is 0.00695. The van der Waals surface area contributed by atoms with E-state index in [1.165, 1.54) is 5.57 Å². The van der Waals surface area contributed by atoms with Crippen molar-refractivity contribution in [3.63, 3.8) is 0 Å². The Balaban J connectivity index is 1.63. The van der Waals surface area contributed by atoms with Gasteiger partial charge in [-0.1, -0.05) is 47.1 Å². The van der Waals surface area contributed by atoms with E-state index in [9.17, 15) is 4.79 Å². The van der Waals surface area contributed by atoms with Gasteiger partial charge in [0.05, 0.1) is 0 Å². The first-order valence-electron chi connectivity index (χ1n) is 7.02. The summed E-state index contributed by atoms with van der Waals surface area (Å²) in [5.41, 5.74) is 2.84. The van der Waals surface area contributed by atoms with Gasteiger partial charge in [-0.3, -0.25) is 4.79 Å². The van der Waals surface area contributed by atoms with Gasteiger partial charge in [0.15, 0.2) is 0 Å². The molecule has 108 valence electrons. The van der Waals surface area contributed by atoms with Gasteiger partial charge >= 0.3 is 0 Å². The van der Waals surface area contributed by atoms with Crippen LogP contribution in [0.2, 0.25) is 0 Å². The maximum Gasteiger partial charge on any atom is 0.290 e. The Hall–Kier alpha value is -2.40. The number of hydrogen-bond donors (Lipinski definition) is 2. The quantitative estimate of drug-likeness (QED) is 0.842. The number of benzene rings is 1. The number of carbonyl (C=O) groups is 1. The molecule has 0 atom stereocenters. The molecule has 1 aliphatic rings. The van der Waals surface area contributed by atoms with Crippen LogP contribution in [0.15, 0.2) is 52.6 Å². The van der Waals surface area contributed by atoms with E-state index in [2.05, 4.69) is 21.9 Å². The largest absolute Gasteiger partial charge is 0.350 e. The third-order valence-corrected chi connectivity index (χ3v) is 3.44. The molecular weight excluding hydrogens is 266 g/mol. The zero-order valence-corrected chi connectivity index (χ0v) is 11.6. The van der Waals surface area contributed by atoms with Crippen molar-refractivity contribution in [1.29, 1.82) is 0 Å². The molecule has 1 aromatic carbocycles. The molecule has 1 aliphatic heterocycles. The van der Waals surface area contributed by atoms with Crippen LogP contribution in [0.5, 0.6) is 0 Å². The molecule has 5 heteroatoms. The van der Waals surface area contributed by atoms with Crippen LogP contribution in [0, 0.1) is 0 Å². The van der Waals surface area contributed by atoms with E-state index in [-0.39, 0.29) is 11.7 Å². The van der Waals surface area contributed by atoms with Crippen LogP contribution in [0.25, 0.3) is 11.3 Å². The summed E-state index contributed by atoms with van der Waals surface area (Å²) in [5, 5.41) is 10.0. The van der Waals surface area contributed by atoms with Crippen molar-refractivity contribution >= 4 is 5.91 Å². The van der Waals surface area contributed by atoms with E-state index in [1.807, 2.05) is 30.3 Å². The Kier molecular flexibility index (Phi) is 4.12. The molecule has 0 unspecified atom stereocenters. The zero-order chi connectivity index (χ0) is 14.5. The van der Waals surface area contributed by atoms with Crippen molar-refractivity contribution in [3.05, 3.63) is 53.8 Å². The Morgan fingerprint density at radius 1 is 1.33 bits per heavy atom. The van der Waals surface area contributed by atoms with Crippen LogP contribution in [0.3, 0.4) is 0 Å². The van der Waals surface area contributed by atoms with E-state index in [4.69, 9.17) is 4.52 Å². The molecule has 5 nitrogen and oxygen atoms in total. The van der Waals surface area contributed by atoms with Gasteiger partial charge in [0.1, 0.15) is 5.69 Å². The average molecular weight is 283 g/mol. The molecular formula is C16H17N3O2. The van der Waals surface area contributed by atoms with Gasteiger partial charge in [0.25, 0.3) is 5.91 Å². The standard InChI is InChI=1S/C16H17N3O2/c20-16(18-11-12-6-8-17-9-7-12)15-10-14(19-21-15)13-4-2-1-3-5-13/h1-6,10,17H,7-9,11H2,(H,18,20). The Morgan fingerprint density at radius 2 is 2.19 bits per heavy atom. The van der Waals surface area contributed by atoms with Crippen molar-refractivity contribution in [2.75, 3.05) is 19.6 Å². The van der Waals surface area contributed by atoms with Crippen LogP contribution in [0.1, 0.15) is 17.0 Å². The number of nitrogens with zero attached hydrogens (tertiary/aromatic N) is 1. The molecule has 21 heavy (non-hydrogen) atoms. The topological polar surface area (TPSA) is 67.2 Å². The van der Waals surface area contributed by atoms with Crippen LogP contribution >= 0.6 is 0 Å². The van der Waals surface area contributed by atoms with E-state index >= 15 is 0 Å². The molecule has 2 heterocycles. The maximum absolute atomic E-state index is 12.0. The third-order valence-electron chi connectivity index (χ3n) is 3.44. The molecule has 0 saturated heterocycles. The van der Waals surface area contributed by atoms with Crippen LogP contribution < -0.4 is 10.6 Å². The molecule has 1 aromatic heterocycles. The second kappa shape index (κ2) is 6.37. The van der Waals surface area contributed by atoms with Crippen LogP contribution in [-0.2, 0) is 0 Å². The first kappa shape index (κ1) is 13.6. The summed E-state index contributed by atoms with van der Waals surface area (Å²) in [6.45, 7) is 2.38.